The van der Waals surface area contributed by atoms with Crippen LogP contribution in [0.1, 0.15) is 52.1 Å². The molecule has 0 heterocycles. The number of hydrogen-bond acceptors (Lipinski definition) is 2. The summed E-state index contributed by atoms with van der Waals surface area (Å²) < 4.78 is 6.13. The van der Waals surface area contributed by atoms with E-state index in [1.807, 2.05) is 12.1 Å². The second-order valence-corrected chi connectivity index (χ2v) is 12.8. The average Bonchev–Trinajstić information content (AvgIpc) is 3.06. The lowest BCUT2D eigenvalue weighted by molar-refractivity contribution is 0.207. The summed E-state index contributed by atoms with van der Waals surface area (Å²) >= 11 is 12.4. The fraction of sp³-hybridized carbons (Fsp3) is 0.250. The van der Waals surface area contributed by atoms with Crippen LogP contribution in [-0.4, -0.2) is 18.0 Å². The standard InChI is InChI=1S/C40H39Cl2NO/c41-37-20-18-36(40(42)26-37)29-44-38-21-19-34-24-31(16-17-35(34)25-38)28-43(27-30-10-4-1-5-11-30)23-22-39(32-12-6-2-7-13-32)33-14-8-3-9-15-33/h1-15,18-21,25-26,31,39H,16-17,22-24,27-29H2. The molecule has 224 valence electrons. The Morgan fingerprint density at radius 3 is 2.09 bits per heavy atom. The van der Waals surface area contributed by atoms with Crippen molar-refractivity contribution in [1.82, 2.24) is 4.90 Å². The van der Waals surface area contributed by atoms with Gasteiger partial charge in [0.2, 0.25) is 0 Å². The molecule has 1 unspecified atom stereocenters. The second kappa shape index (κ2) is 14.9. The van der Waals surface area contributed by atoms with E-state index in [0.717, 1.165) is 50.2 Å². The van der Waals surface area contributed by atoms with Gasteiger partial charge in [0.25, 0.3) is 0 Å². The van der Waals surface area contributed by atoms with Crippen molar-refractivity contribution in [3.63, 3.8) is 0 Å². The van der Waals surface area contributed by atoms with E-state index in [0.29, 0.717) is 28.5 Å². The summed E-state index contributed by atoms with van der Waals surface area (Å²) in [4.78, 5) is 2.69. The van der Waals surface area contributed by atoms with Gasteiger partial charge in [0.15, 0.2) is 0 Å². The van der Waals surface area contributed by atoms with Crippen LogP contribution in [0.4, 0.5) is 0 Å². The van der Waals surface area contributed by atoms with Gasteiger partial charge in [-0.25, -0.2) is 0 Å². The molecule has 0 aromatic heterocycles. The summed E-state index contributed by atoms with van der Waals surface area (Å²) in [6.45, 7) is 3.55. The van der Waals surface area contributed by atoms with Crippen molar-refractivity contribution >= 4 is 23.2 Å². The molecule has 2 nitrogen and oxygen atoms in total. The molecule has 4 heteroatoms. The van der Waals surface area contributed by atoms with Crippen LogP contribution in [0.2, 0.25) is 10.0 Å². The number of fused-ring (bicyclic) bond motifs is 1. The van der Waals surface area contributed by atoms with Crippen molar-refractivity contribution in [2.24, 2.45) is 5.92 Å². The van der Waals surface area contributed by atoms with Crippen molar-refractivity contribution in [2.75, 3.05) is 13.1 Å². The molecule has 0 spiro atoms. The Morgan fingerprint density at radius 2 is 1.41 bits per heavy atom. The average molecular weight is 621 g/mol. The zero-order chi connectivity index (χ0) is 30.1. The third kappa shape index (κ3) is 8.12. The molecule has 1 aliphatic carbocycles. The molecule has 0 saturated carbocycles. The molecule has 44 heavy (non-hydrogen) atoms. The number of hydrogen-bond donors (Lipinski definition) is 0. The highest BCUT2D eigenvalue weighted by molar-refractivity contribution is 6.35. The molecular formula is C40H39Cl2NO. The zero-order valence-electron chi connectivity index (χ0n) is 25.0. The molecule has 0 radical (unpaired) electrons. The molecule has 0 amide bonds. The Balaban J connectivity index is 1.13. The Morgan fingerprint density at radius 1 is 0.727 bits per heavy atom. The molecule has 0 aliphatic heterocycles. The molecule has 6 rings (SSSR count). The monoisotopic (exact) mass is 619 g/mol. The van der Waals surface area contributed by atoms with Gasteiger partial charge in [-0.1, -0.05) is 126 Å². The maximum atomic E-state index is 6.35. The number of ether oxygens (including phenoxy) is 1. The van der Waals surface area contributed by atoms with Crippen molar-refractivity contribution < 1.29 is 4.74 Å². The van der Waals surface area contributed by atoms with E-state index in [1.165, 1.54) is 34.2 Å². The fourth-order valence-electron chi connectivity index (χ4n) is 6.50. The lowest BCUT2D eigenvalue weighted by Crippen LogP contribution is -2.33. The Hall–Kier alpha value is -3.56. The molecule has 5 aromatic rings. The van der Waals surface area contributed by atoms with E-state index < -0.39 is 0 Å². The van der Waals surface area contributed by atoms with Gasteiger partial charge >= 0.3 is 0 Å². The predicted molar refractivity (Wildman–Crippen MR) is 184 cm³/mol. The van der Waals surface area contributed by atoms with Crippen molar-refractivity contribution in [1.29, 1.82) is 0 Å². The third-order valence-corrected chi connectivity index (χ3v) is 9.41. The van der Waals surface area contributed by atoms with E-state index in [2.05, 4.69) is 114 Å². The van der Waals surface area contributed by atoms with E-state index in [9.17, 15) is 0 Å². The first kappa shape index (κ1) is 30.5. The van der Waals surface area contributed by atoms with Crippen LogP contribution in [-0.2, 0) is 26.0 Å². The highest BCUT2D eigenvalue weighted by atomic mass is 35.5. The topological polar surface area (TPSA) is 12.5 Å². The van der Waals surface area contributed by atoms with Gasteiger partial charge in [-0.15, -0.1) is 0 Å². The minimum atomic E-state index is 0.379. The number of rotatable bonds is 12. The zero-order valence-corrected chi connectivity index (χ0v) is 26.6. The highest BCUT2D eigenvalue weighted by Gasteiger charge is 2.23. The Kier molecular flexibility index (Phi) is 10.3. The Labute approximate surface area is 272 Å². The van der Waals surface area contributed by atoms with Crippen molar-refractivity contribution in [2.45, 2.75) is 44.8 Å². The van der Waals surface area contributed by atoms with Gasteiger partial charge in [-0.05, 0) is 90.2 Å². The van der Waals surface area contributed by atoms with E-state index >= 15 is 0 Å². The lowest BCUT2D eigenvalue weighted by Gasteiger charge is -2.32. The first-order chi connectivity index (χ1) is 21.6. The normalized spacial score (nSPS) is 14.5. The van der Waals surface area contributed by atoms with Crippen LogP contribution in [0, 0.1) is 5.92 Å². The smallest absolute Gasteiger partial charge is 0.120 e. The fourth-order valence-corrected chi connectivity index (χ4v) is 6.97. The largest absolute Gasteiger partial charge is 0.489 e. The Bertz CT molecular complexity index is 1580. The summed E-state index contributed by atoms with van der Waals surface area (Å²) in [5.74, 6) is 1.90. The molecule has 1 aliphatic rings. The number of aryl methyl sites for hydroxylation is 1. The SMILES string of the molecule is Clc1ccc(COc2ccc3c(c2)CCC(CN(CCC(c2ccccc2)c2ccccc2)Cc2ccccc2)C3)c(Cl)c1. The maximum Gasteiger partial charge on any atom is 0.120 e. The van der Waals surface area contributed by atoms with Crippen LogP contribution in [0.3, 0.4) is 0 Å². The van der Waals surface area contributed by atoms with Gasteiger partial charge in [0.05, 0.1) is 0 Å². The summed E-state index contributed by atoms with van der Waals surface area (Å²) in [7, 11) is 0. The second-order valence-electron chi connectivity index (χ2n) is 11.9. The van der Waals surface area contributed by atoms with Crippen molar-refractivity contribution in [3.8, 4) is 5.75 Å². The predicted octanol–water partition coefficient (Wildman–Crippen LogP) is 10.4. The van der Waals surface area contributed by atoms with Gasteiger partial charge in [0.1, 0.15) is 12.4 Å². The summed E-state index contributed by atoms with van der Waals surface area (Å²) in [6, 6.07) is 45.0. The number of halogens is 2. The number of nitrogens with zero attached hydrogens (tertiary/aromatic N) is 1. The summed E-state index contributed by atoms with van der Waals surface area (Å²) in [6.07, 6.45) is 4.45. The van der Waals surface area contributed by atoms with Crippen LogP contribution < -0.4 is 4.74 Å². The molecule has 0 saturated heterocycles. The maximum absolute atomic E-state index is 6.35. The third-order valence-electron chi connectivity index (χ3n) is 8.82. The van der Waals surface area contributed by atoms with E-state index in [-0.39, 0.29) is 0 Å². The van der Waals surface area contributed by atoms with E-state index in [4.69, 9.17) is 27.9 Å². The number of benzene rings is 5. The van der Waals surface area contributed by atoms with Crippen LogP contribution in [0.25, 0.3) is 0 Å². The van der Waals surface area contributed by atoms with Crippen LogP contribution >= 0.6 is 23.2 Å². The van der Waals surface area contributed by atoms with Gasteiger partial charge in [0, 0.05) is 34.6 Å². The van der Waals surface area contributed by atoms with E-state index in [1.54, 1.807) is 6.07 Å². The highest BCUT2D eigenvalue weighted by Crippen LogP contribution is 2.32. The van der Waals surface area contributed by atoms with Gasteiger partial charge < -0.3 is 4.74 Å². The van der Waals surface area contributed by atoms with Gasteiger partial charge in [-0.3, -0.25) is 4.90 Å². The first-order valence-corrected chi connectivity index (χ1v) is 16.4. The minimum absolute atomic E-state index is 0.379. The quantitative estimate of drug-likeness (QED) is 0.138. The minimum Gasteiger partial charge on any atom is -0.489 e. The first-order valence-electron chi connectivity index (χ1n) is 15.7. The van der Waals surface area contributed by atoms with Crippen LogP contribution in [0.5, 0.6) is 5.75 Å². The lowest BCUT2D eigenvalue weighted by atomic mass is 9.83. The molecule has 0 N–H and O–H groups in total. The molecule has 0 bridgehead atoms. The molecule has 0 fully saturated rings. The molecule has 1 atom stereocenters. The molecular weight excluding hydrogens is 581 g/mol. The summed E-state index contributed by atoms with van der Waals surface area (Å²) in [5.41, 5.74) is 7.95. The molecule has 5 aromatic carbocycles. The van der Waals surface area contributed by atoms with Gasteiger partial charge in [-0.2, -0.15) is 0 Å². The van der Waals surface area contributed by atoms with Crippen molar-refractivity contribution in [3.05, 3.63) is 171 Å². The summed E-state index contributed by atoms with van der Waals surface area (Å²) in [5, 5.41) is 1.27. The van der Waals surface area contributed by atoms with Crippen LogP contribution in [0.15, 0.2) is 127 Å².